The van der Waals surface area contributed by atoms with Gasteiger partial charge in [0.15, 0.2) is 0 Å². The molecule has 1 aromatic carbocycles. The van der Waals surface area contributed by atoms with Gasteiger partial charge < -0.3 is 4.57 Å². The van der Waals surface area contributed by atoms with E-state index in [9.17, 15) is 0 Å². The Bertz CT molecular complexity index is 472. The highest BCUT2D eigenvalue weighted by Gasteiger charge is 1.95. The lowest BCUT2D eigenvalue weighted by molar-refractivity contribution is 0.893. The van der Waals surface area contributed by atoms with Gasteiger partial charge in [0.25, 0.3) is 0 Å². The number of aromatic nitrogens is 2. The van der Waals surface area contributed by atoms with E-state index >= 15 is 0 Å². The van der Waals surface area contributed by atoms with E-state index in [1.807, 2.05) is 13.2 Å². The van der Waals surface area contributed by atoms with Crippen LogP contribution in [0.15, 0.2) is 46.9 Å². The first-order chi connectivity index (χ1) is 7.25. The summed E-state index contributed by atoms with van der Waals surface area (Å²) < 4.78 is 1.79. The molecule has 0 fully saturated rings. The Hall–Kier alpha value is -1.68. The molecule has 0 spiro atoms. The summed E-state index contributed by atoms with van der Waals surface area (Å²) in [5.41, 5.74) is 0.752. The quantitative estimate of drug-likeness (QED) is 0.715. The van der Waals surface area contributed by atoms with Crippen molar-refractivity contribution in [3.05, 3.63) is 41.7 Å². The molecule has 0 aliphatic heterocycles. The largest absolute Gasteiger partial charge is 0.317 e. The van der Waals surface area contributed by atoms with Crippen molar-refractivity contribution in [2.24, 2.45) is 17.3 Å². The average molecular weight is 221 g/mol. The van der Waals surface area contributed by atoms with Gasteiger partial charge in [-0.05, 0) is 24.3 Å². The van der Waals surface area contributed by atoms with Gasteiger partial charge in [0, 0.05) is 24.5 Å². The Labute approximate surface area is 92.2 Å². The summed E-state index contributed by atoms with van der Waals surface area (Å²) in [6.07, 6.45) is 3.49. The van der Waals surface area contributed by atoms with Crippen LogP contribution in [0.5, 0.6) is 0 Å². The van der Waals surface area contributed by atoms with E-state index in [4.69, 9.17) is 11.6 Å². The molecule has 1 aromatic heterocycles. The van der Waals surface area contributed by atoms with Crippen LogP contribution in [-0.2, 0) is 7.05 Å². The molecule has 0 amide bonds. The lowest BCUT2D eigenvalue weighted by Crippen LogP contribution is -1.81. The number of hydrogen-bond acceptors (Lipinski definition) is 3. The zero-order chi connectivity index (χ0) is 10.7. The van der Waals surface area contributed by atoms with Crippen molar-refractivity contribution in [3.63, 3.8) is 0 Å². The van der Waals surface area contributed by atoms with Crippen molar-refractivity contribution < 1.29 is 0 Å². The molecule has 15 heavy (non-hydrogen) atoms. The van der Waals surface area contributed by atoms with Crippen LogP contribution in [0.1, 0.15) is 0 Å². The maximum Gasteiger partial charge on any atom is 0.249 e. The minimum absolute atomic E-state index is 0.574. The highest BCUT2D eigenvalue weighted by molar-refractivity contribution is 6.30. The van der Waals surface area contributed by atoms with Gasteiger partial charge in [0.1, 0.15) is 0 Å². The minimum Gasteiger partial charge on any atom is -0.317 e. The number of halogens is 1. The topological polar surface area (TPSA) is 42.5 Å². The zero-order valence-electron chi connectivity index (χ0n) is 8.13. The molecule has 0 radical (unpaired) electrons. The Morgan fingerprint density at radius 1 is 1.20 bits per heavy atom. The smallest absolute Gasteiger partial charge is 0.249 e. The molecule has 0 saturated carbocycles. The van der Waals surface area contributed by atoms with Gasteiger partial charge in [-0.15, -0.1) is 10.2 Å². The fourth-order valence-electron chi connectivity index (χ4n) is 1.06. The van der Waals surface area contributed by atoms with Crippen molar-refractivity contribution in [2.75, 3.05) is 0 Å². The van der Waals surface area contributed by atoms with Gasteiger partial charge >= 0.3 is 0 Å². The summed E-state index contributed by atoms with van der Waals surface area (Å²) in [4.78, 5) is 4.02. The summed E-state index contributed by atoms with van der Waals surface area (Å²) in [7, 11) is 1.86. The lowest BCUT2D eigenvalue weighted by Gasteiger charge is -1.93. The predicted molar refractivity (Wildman–Crippen MR) is 58.8 cm³/mol. The van der Waals surface area contributed by atoms with Crippen molar-refractivity contribution in [1.82, 2.24) is 9.55 Å². The van der Waals surface area contributed by atoms with Crippen LogP contribution in [0.3, 0.4) is 0 Å². The Morgan fingerprint density at radius 2 is 1.93 bits per heavy atom. The third-order valence-electron chi connectivity index (χ3n) is 1.88. The molecule has 1 heterocycles. The molecule has 0 saturated heterocycles. The molecule has 0 aliphatic rings. The predicted octanol–water partition coefficient (Wildman–Crippen LogP) is 3.49. The minimum atomic E-state index is 0.574. The van der Waals surface area contributed by atoms with Gasteiger partial charge in [-0.2, -0.15) is 0 Å². The lowest BCUT2D eigenvalue weighted by atomic mass is 10.3. The van der Waals surface area contributed by atoms with Crippen molar-refractivity contribution in [2.45, 2.75) is 0 Å². The molecule has 0 atom stereocenters. The second-order valence-corrected chi connectivity index (χ2v) is 3.45. The van der Waals surface area contributed by atoms with E-state index in [0.717, 1.165) is 5.69 Å². The van der Waals surface area contributed by atoms with Crippen molar-refractivity contribution in [3.8, 4) is 0 Å². The SMILES string of the molecule is Cn1ccnc1/N=N/c1ccc(Cl)cc1. The van der Waals surface area contributed by atoms with Gasteiger partial charge in [0.05, 0.1) is 5.69 Å². The van der Waals surface area contributed by atoms with Gasteiger partial charge in [0.2, 0.25) is 5.95 Å². The Kier molecular flexibility index (Phi) is 2.78. The van der Waals surface area contributed by atoms with Gasteiger partial charge in [-0.1, -0.05) is 11.6 Å². The highest BCUT2D eigenvalue weighted by Crippen LogP contribution is 2.18. The number of azo groups is 1. The normalized spacial score (nSPS) is 11.1. The molecule has 4 nitrogen and oxygen atoms in total. The third-order valence-corrected chi connectivity index (χ3v) is 2.13. The second kappa shape index (κ2) is 4.23. The van der Waals surface area contributed by atoms with Gasteiger partial charge in [-0.3, -0.25) is 0 Å². The molecule has 5 heteroatoms. The van der Waals surface area contributed by atoms with Crippen LogP contribution in [0.4, 0.5) is 11.6 Å². The summed E-state index contributed by atoms with van der Waals surface area (Å²) in [6.45, 7) is 0. The van der Waals surface area contributed by atoms with E-state index < -0.39 is 0 Å². The molecule has 0 unspecified atom stereocenters. The van der Waals surface area contributed by atoms with Crippen LogP contribution >= 0.6 is 11.6 Å². The number of hydrogen-bond donors (Lipinski definition) is 0. The highest BCUT2D eigenvalue weighted by atomic mass is 35.5. The number of nitrogens with zero attached hydrogens (tertiary/aromatic N) is 4. The van der Waals surface area contributed by atoms with Gasteiger partial charge in [-0.25, -0.2) is 4.98 Å². The van der Waals surface area contributed by atoms with E-state index in [0.29, 0.717) is 11.0 Å². The number of rotatable bonds is 2. The average Bonchev–Trinajstić information content (AvgIpc) is 2.63. The summed E-state index contributed by atoms with van der Waals surface area (Å²) in [5.74, 6) is 0.574. The van der Waals surface area contributed by atoms with E-state index in [2.05, 4.69) is 15.2 Å². The monoisotopic (exact) mass is 220 g/mol. The molecule has 2 aromatic rings. The molecule has 0 bridgehead atoms. The third kappa shape index (κ3) is 2.41. The van der Waals surface area contributed by atoms with E-state index in [1.54, 1.807) is 35.0 Å². The first kappa shape index (κ1) is 9.86. The maximum absolute atomic E-state index is 5.75. The number of imidazole rings is 1. The Morgan fingerprint density at radius 3 is 2.53 bits per heavy atom. The van der Waals surface area contributed by atoms with Crippen molar-refractivity contribution in [1.29, 1.82) is 0 Å². The van der Waals surface area contributed by atoms with E-state index in [1.165, 1.54) is 0 Å². The molecule has 0 aliphatic carbocycles. The van der Waals surface area contributed by atoms with Crippen molar-refractivity contribution >= 4 is 23.2 Å². The summed E-state index contributed by atoms with van der Waals surface area (Å²) in [5, 5.41) is 8.72. The second-order valence-electron chi connectivity index (χ2n) is 3.01. The summed E-state index contributed by atoms with van der Waals surface area (Å²) >= 11 is 5.75. The molecule has 76 valence electrons. The fraction of sp³-hybridized carbons (Fsp3) is 0.100. The van der Waals surface area contributed by atoms with Crippen LogP contribution in [0.2, 0.25) is 5.02 Å². The summed E-state index contributed by atoms with van der Waals surface area (Å²) in [6, 6.07) is 7.15. The molecule has 0 N–H and O–H groups in total. The number of benzene rings is 1. The van der Waals surface area contributed by atoms with E-state index in [-0.39, 0.29) is 0 Å². The van der Waals surface area contributed by atoms with Crippen LogP contribution in [-0.4, -0.2) is 9.55 Å². The standard InChI is InChI=1S/C10H9ClN4/c1-15-7-6-12-10(15)14-13-9-4-2-8(11)3-5-9/h2-7H,1H3/b14-13+. The molecule has 2 rings (SSSR count). The fourth-order valence-corrected chi connectivity index (χ4v) is 1.19. The van der Waals surface area contributed by atoms with Crippen LogP contribution in [0, 0.1) is 0 Å². The zero-order valence-corrected chi connectivity index (χ0v) is 8.89. The first-order valence-electron chi connectivity index (χ1n) is 4.40. The first-order valence-corrected chi connectivity index (χ1v) is 4.78. The Balaban J connectivity index is 2.19. The van der Waals surface area contributed by atoms with Crippen LogP contribution < -0.4 is 0 Å². The number of aryl methyl sites for hydroxylation is 1. The maximum atomic E-state index is 5.75. The molecular formula is C10H9ClN4. The van der Waals surface area contributed by atoms with Crippen LogP contribution in [0.25, 0.3) is 0 Å². The molecular weight excluding hydrogens is 212 g/mol.